The lowest BCUT2D eigenvalue weighted by Crippen LogP contribution is -2.56. The third-order valence-corrected chi connectivity index (χ3v) is 6.55. The van der Waals surface area contributed by atoms with Crippen LogP contribution in [0.3, 0.4) is 0 Å². The summed E-state index contributed by atoms with van der Waals surface area (Å²) in [7, 11) is 5.25. The van der Waals surface area contributed by atoms with Gasteiger partial charge in [-0.15, -0.1) is 0 Å². The minimum Gasteiger partial charge on any atom is -0.382 e. The van der Waals surface area contributed by atoms with Crippen molar-refractivity contribution in [2.75, 3.05) is 55.0 Å². The van der Waals surface area contributed by atoms with Gasteiger partial charge < -0.3 is 25.1 Å². The van der Waals surface area contributed by atoms with Crippen LogP contribution in [0.15, 0.2) is 0 Å². The minimum absolute atomic E-state index is 0.139. The molecule has 184 valence electrons. The zero-order chi connectivity index (χ0) is 24.8. The van der Waals surface area contributed by atoms with Crippen molar-refractivity contribution in [3.63, 3.8) is 0 Å². The minimum atomic E-state index is -4.47. The van der Waals surface area contributed by atoms with Gasteiger partial charge in [0, 0.05) is 11.3 Å². The second-order valence-corrected chi connectivity index (χ2v) is 12.6. The molecule has 0 aliphatic heterocycles. The molecule has 0 saturated heterocycles. The molecule has 0 heterocycles. The Morgan fingerprint density at radius 3 is 2.00 bits per heavy atom. The summed E-state index contributed by atoms with van der Waals surface area (Å²) in [5, 5.41) is 11.9. The van der Waals surface area contributed by atoms with Crippen molar-refractivity contribution in [2.45, 2.75) is 51.4 Å². The third-order valence-electron chi connectivity index (χ3n) is 5.35. The van der Waals surface area contributed by atoms with Crippen LogP contribution in [0.25, 0.3) is 0 Å². The van der Waals surface area contributed by atoms with Crippen LogP contribution in [0.1, 0.15) is 40.0 Å². The number of nitrogens with one attached hydrogen (secondary N) is 1. The van der Waals surface area contributed by atoms with Gasteiger partial charge in [0.25, 0.3) is 10.1 Å². The number of nitrogens with zero attached hydrogens (tertiary/aromatic N) is 2. The summed E-state index contributed by atoms with van der Waals surface area (Å²) in [6.07, 6.45) is -0.502. The van der Waals surface area contributed by atoms with Gasteiger partial charge in [0.15, 0.2) is 12.8 Å². The molecule has 0 aromatic heterocycles. The van der Waals surface area contributed by atoms with Gasteiger partial charge in [0.2, 0.25) is 11.8 Å². The Labute approximate surface area is 187 Å². The maximum Gasteiger partial charge on any atom is 0.267 e. The third kappa shape index (κ3) is 11.8. The molecule has 0 rings (SSSR count). The molecule has 0 aliphatic rings. The standard InChI is InChI=1S/C20H42N4O6S/c1-9-15(18(21)26)10-17(31(28,29)30)11-20(2,3)19(27)22-14-24(7,8)13-16(25)12-23(4,5)6/h15-17,25H,9-14H2,1-8H3,(H2-2,21,22,26,27,28,29,30)/p+2. The first-order valence-corrected chi connectivity index (χ1v) is 12.0. The second kappa shape index (κ2) is 11.0. The lowest BCUT2D eigenvalue weighted by atomic mass is 9.84. The quantitative estimate of drug-likeness (QED) is 0.157. The topological polar surface area (TPSA) is 147 Å². The highest BCUT2D eigenvalue weighted by Crippen LogP contribution is 2.30. The van der Waals surface area contributed by atoms with Crippen LogP contribution in [0.2, 0.25) is 0 Å². The number of primary amides is 1. The van der Waals surface area contributed by atoms with Gasteiger partial charge in [-0.05, 0) is 19.3 Å². The number of likely N-dealkylation sites (N-methyl/N-ethyl adjacent to an activating group) is 2. The Bertz CT molecular complexity index is 716. The lowest BCUT2D eigenvalue weighted by molar-refractivity contribution is -0.908. The average molecular weight is 469 g/mol. The molecule has 0 fully saturated rings. The number of carbonyl (C=O) groups excluding carboxylic acids is 2. The molecule has 0 aromatic rings. The summed E-state index contributed by atoms with van der Waals surface area (Å²) in [5.74, 6) is -1.71. The average Bonchev–Trinajstić information content (AvgIpc) is 2.52. The molecule has 3 unspecified atom stereocenters. The summed E-state index contributed by atoms with van der Waals surface area (Å²) in [6.45, 7) is 6.14. The molecular weight excluding hydrogens is 424 g/mol. The van der Waals surface area contributed by atoms with Crippen molar-refractivity contribution in [1.29, 1.82) is 0 Å². The van der Waals surface area contributed by atoms with Gasteiger partial charge in [-0.3, -0.25) is 14.1 Å². The fraction of sp³-hybridized carbons (Fsp3) is 0.900. The Hall–Kier alpha value is -1.27. The summed E-state index contributed by atoms with van der Waals surface area (Å²) < 4.78 is 34.4. The molecule has 0 radical (unpaired) electrons. The molecule has 0 bridgehead atoms. The van der Waals surface area contributed by atoms with E-state index in [1.807, 2.05) is 35.2 Å². The highest BCUT2D eigenvalue weighted by molar-refractivity contribution is 7.86. The van der Waals surface area contributed by atoms with Crippen LogP contribution in [0.4, 0.5) is 0 Å². The SMILES string of the molecule is CCC(CC(CC(C)(C)C(=O)NC[N+](C)(C)CC(O)C[N+](C)(C)C)S(=O)(=O)O)C(N)=O. The van der Waals surface area contributed by atoms with E-state index in [1.54, 1.807) is 20.8 Å². The predicted molar refractivity (Wildman–Crippen MR) is 120 cm³/mol. The van der Waals surface area contributed by atoms with Crippen molar-refractivity contribution in [2.24, 2.45) is 17.1 Å². The molecule has 0 saturated carbocycles. The van der Waals surface area contributed by atoms with E-state index in [4.69, 9.17) is 5.73 Å². The fourth-order valence-electron chi connectivity index (χ4n) is 3.62. The van der Waals surface area contributed by atoms with E-state index in [0.717, 1.165) is 0 Å². The van der Waals surface area contributed by atoms with Crippen LogP contribution in [0, 0.1) is 11.3 Å². The van der Waals surface area contributed by atoms with E-state index in [2.05, 4.69) is 5.32 Å². The zero-order valence-corrected chi connectivity index (χ0v) is 21.2. The maximum absolute atomic E-state index is 12.8. The number of carbonyl (C=O) groups is 2. The van der Waals surface area contributed by atoms with Crippen LogP contribution in [-0.2, 0) is 19.7 Å². The molecular formula is C20H44N4O6S+2. The van der Waals surface area contributed by atoms with E-state index in [1.165, 1.54) is 0 Å². The summed E-state index contributed by atoms with van der Waals surface area (Å²) in [4.78, 5) is 24.3. The number of hydrogen-bond donors (Lipinski definition) is 4. The number of rotatable bonds is 14. The number of aliphatic hydroxyl groups excluding tert-OH is 1. The maximum atomic E-state index is 12.8. The Morgan fingerprint density at radius 2 is 1.61 bits per heavy atom. The Balaban J connectivity index is 5.15. The second-order valence-electron chi connectivity index (χ2n) is 10.9. The Kier molecular flexibility index (Phi) is 10.6. The first-order chi connectivity index (χ1) is 13.7. The monoisotopic (exact) mass is 468 g/mol. The summed E-state index contributed by atoms with van der Waals surface area (Å²) in [5.41, 5.74) is 4.20. The van der Waals surface area contributed by atoms with Crippen LogP contribution in [-0.4, -0.2) is 105 Å². The predicted octanol–water partition coefficient (Wildman–Crippen LogP) is -0.222. The molecule has 31 heavy (non-hydrogen) atoms. The Morgan fingerprint density at radius 1 is 1.10 bits per heavy atom. The van der Waals surface area contributed by atoms with Crippen LogP contribution >= 0.6 is 0 Å². The van der Waals surface area contributed by atoms with Gasteiger partial charge in [-0.2, -0.15) is 8.42 Å². The lowest BCUT2D eigenvalue weighted by Gasteiger charge is -2.35. The van der Waals surface area contributed by atoms with E-state index >= 15 is 0 Å². The number of aliphatic hydroxyl groups is 1. The highest BCUT2D eigenvalue weighted by atomic mass is 32.2. The molecule has 0 aromatic carbocycles. The molecule has 11 heteroatoms. The number of amides is 2. The molecule has 2 amide bonds. The van der Waals surface area contributed by atoms with Crippen molar-refractivity contribution in [3.05, 3.63) is 0 Å². The van der Waals surface area contributed by atoms with Gasteiger partial charge >= 0.3 is 0 Å². The molecule has 10 nitrogen and oxygen atoms in total. The molecule has 0 aliphatic carbocycles. The molecule has 3 atom stereocenters. The number of hydrogen-bond acceptors (Lipinski definition) is 5. The van der Waals surface area contributed by atoms with Crippen molar-refractivity contribution >= 4 is 21.9 Å². The fourth-order valence-corrected chi connectivity index (χ4v) is 4.73. The van der Waals surface area contributed by atoms with Crippen molar-refractivity contribution in [3.8, 4) is 0 Å². The highest BCUT2D eigenvalue weighted by Gasteiger charge is 2.38. The van der Waals surface area contributed by atoms with E-state index in [9.17, 15) is 27.7 Å². The van der Waals surface area contributed by atoms with E-state index in [-0.39, 0.29) is 25.4 Å². The van der Waals surface area contributed by atoms with Gasteiger partial charge in [-0.25, -0.2) is 0 Å². The molecule has 5 N–H and O–H groups in total. The first-order valence-electron chi connectivity index (χ1n) is 10.5. The first kappa shape index (κ1) is 29.7. The summed E-state index contributed by atoms with van der Waals surface area (Å²) in [6, 6.07) is 0. The van der Waals surface area contributed by atoms with Crippen LogP contribution < -0.4 is 11.1 Å². The van der Waals surface area contributed by atoms with Gasteiger partial charge in [0.1, 0.15) is 13.1 Å². The van der Waals surface area contributed by atoms with Crippen molar-refractivity contribution in [1.82, 2.24) is 5.32 Å². The van der Waals surface area contributed by atoms with Gasteiger partial charge in [-0.1, -0.05) is 20.8 Å². The zero-order valence-electron chi connectivity index (χ0n) is 20.4. The van der Waals surface area contributed by atoms with Crippen molar-refractivity contribution < 1.29 is 36.6 Å². The van der Waals surface area contributed by atoms with Crippen LogP contribution in [0.5, 0.6) is 0 Å². The normalized spacial score (nSPS) is 16.5. The number of quaternary nitrogens is 2. The van der Waals surface area contributed by atoms with E-state index in [0.29, 0.717) is 28.5 Å². The molecule has 0 spiro atoms. The largest absolute Gasteiger partial charge is 0.382 e. The summed E-state index contributed by atoms with van der Waals surface area (Å²) >= 11 is 0. The number of nitrogens with two attached hydrogens (primary N) is 1. The smallest absolute Gasteiger partial charge is 0.267 e. The van der Waals surface area contributed by atoms with Gasteiger partial charge in [0.05, 0.1) is 40.5 Å². The van der Waals surface area contributed by atoms with E-state index < -0.39 is 38.7 Å².